The van der Waals surface area contributed by atoms with Crippen LogP contribution in [0.1, 0.15) is 24.5 Å². The molecule has 0 heterocycles. The van der Waals surface area contributed by atoms with Crippen LogP contribution in [0.2, 0.25) is 0 Å². The third-order valence-corrected chi connectivity index (χ3v) is 5.71. The minimum atomic E-state index is -3.65. The maximum Gasteiger partial charge on any atom is 0.224 e. The summed E-state index contributed by atoms with van der Waals surface area (Å²) in [6.07, 6.45) is 1.72. The highest BCUT2D eigenvalue weighted by Gasteiger charge is 2.15. The summed E-state index contributed by atoms with van der Waals surface area (Å²) in [6.45, 7) is 1.72. The van der Waals surface area contributed by atoms with Crippen molar-refractivity contribution in [3.05, 3.63) is 46.9 Å². The van der Waals surface area contributed by atoms with Crippen LogP contribution < -0.4 is 24.3 Å². The maximum absolute atomic E-state index is 12.7. The van der Waals surface area contributed by atoms with E-state index in [2.05, 4.69) is 5.32 Å². The molecule has 0 fully saturated rings. The monoisotopic (exact) mass is 449 g/mol. The number of carbonyl (C=O) groups excluding carboxylic acids is 1. The number of amides is 1. The second-order valence-corrected chi connectivity index (χ2v) is 8.38. The Morgan fingerprint density at radius 2 is 1.55 bits per heavy atom. The van der Waals surface area contributed by atoms with E-state index >= 15 is 0 Å². The lowest BCUT2D eigenvalue weighted by atomic mass is 10.1. The third-order valence-electron chi connectivity index (χ3n) is 4.42. The van der Waals surface area contributed by atoms with Gasteiger partial charge in [-0.05, 0) is 23.8 Å². The molecule has 0 saturated carbocycles. The van der Waals surface area contributed by atoms with Gasteiger partial charge in [-0.2, -0.15) is 0 Å². The van der Waals surface area contributed by atoms with Crippen LogP contribution in [0.25, 0.3) is 6.08 Å². The Morgan fingerprint density at radius 1 is 0.935 bits per heavy atom. The molecular weight excluding hydrogens is 422 g/mol. The second-order valence-electron chi connectivity index (χ2n) is 6.49. The Hall–Kier alpha value is -3.20. The summed E-state index contributed by atoms with van der Waals surface area (Å²) < 4.78 is 46.6. The van der Waals surface area contributed by atoms with Crippen molar-refractivity contribution in [1.82, 2.24) is 0 Å². The molecule has 0 bridgehead atoms. The van der Waals surface area contributed by atoms with Gasteiger partial charge in [-0.1, -0.05) is 13.0 Å². The number of hydrogen-bond acceptors (Lipinski definition) is 7. The van der Waals surface area contributed by atoms with Crippen molar-refractivity contribution in [3.8, 4) is 23.0 Å². The van der Waals surface area contributed by atoms with E-state index in [9.17, 15) is 13.2 Å². The molecule has 0 radical (unpaired) electrons. The number of anilines is 1. The summed E-state index contributed by atoms with van der Waals surface area (Å²) in [5.74, 6) is 1.34. The lowest BCUT2D eigenvalue weighted by molar-refractivity contribution is -0.115. The fraction of sp³-hybridized carbons (Fsp3) is 0.318. The van der Waals surface area contributed by atoms with E-state index in [-0.39, 0.29) is 11.7 Å². The van der Waals surface area contributed by atoms with Gasteiger partial charge in [0.2, 0.25) is 5.91 Å². The minimum absolute atomic E-state index is 0.197. The summed E-state index contributed by atoms with van der Waals surface area (Å²) in [6, 6.07) is 8.13. The predicted octanol–water partition coefficient (Wildman–Crippen LogP) is 3.66. The molecule has 2 rings (SSSR count). The van der Waals surface area contributed by atoms with E-state index in [1.165, 1.54) is 34.5 Å². The van der Waals surface area contributed by atoms with Gasteiger partial charge in [0.1, 0.15) is 23.0 Å². The van der Waals surface area contributed by atoms with E-state index in [1.807, 2.05) is 0 Å². The van der Waals surface area contributed by atoms with Gasteiger partial charge in [0.15, 0.2) is 9.84 Å². The molecule has 2 aromatic carbocycles. The Kier molecular flexibility index (Phi) is 8.32. The van der Waals surface area contributed by atoms with Gasteiger partial charge < -0.3 is 24.3 Å². The van der Waals surface area contributed by atoms with E-state index in [0.29, 0.717) is 46.2 Å². The van der Waals surface area contributed by atoms with Crippen molar-refractivity contribution in [1.29, 1.82) is 0 Å². The van der Waals surface area contributed by atoms with Gasteiger partial charge >= 0.3 is 0 Å². The number of benzene rings is 2. The summed E-state index contributed by atoms with van der Waals surface area (Å²) >= 11 is 0. The third kappa shape index (κ3) is 6.39. The number of methoxy groups -OCH3 is 4. The SMILES string of the molecule is CCC(=O)Nc1cc(CS(=O)(=O)/C=C/c2c(OC)cc(OC)cc2OC)ccc1OC. The lowest BCUT2D eigenvalue weighted by Crippen LogP contribution is -2.11. The average Bonchev–Trinajstić information content (AvgIpc) is 2.76. The molecule has 168 valence electrons. The molecule has 1 amide bonds. The molecule has 2 aromatic rings. The first-order valence-corrected chi connectivity index (χ1v) is 11.2. The highest BCUT2D eigenvalue weighted by molar-refractivity contribution is 7.93. The van der Waals surface area contributed by atoms with Gasteiger partial charge in [0.05, 0.1) is 45.4 Å². The first-order valence-electron chi connectivity index (χ1n) is 9.44. The van der Waals surface area contributed by atoms with Crippen molar-refractivity contribution >= 4 is 27.5 Å². The normalized spacial score (nSPS) is 11.3. The summed E-state index contributed by atoms with van der Waals surface area (Å²) in [5.41, 5.74) is 1.40. The molecule has 0 saturated heterocycles. The van der Waals surface area contributed by atoms with Gasteiger partial charge in [-0.3, -0.25) is 4.79 Å². The van der Waals surface area contributed by atoms with Crippen LogP contribution in [-0.2, 0) is 20.4 Å². The molecule has 0 aromatic heterocycles. The summed E-state index contributed by atoms with van der Waals surface area (Å²) in [7, 11) is 2.30. The number of nitrogens with one attached hydrogen (secondary N) is 1. The van der Waals surface area contributed by atoms with E-state index in [1.54, 1.807) is 37.3 Å². The highest BCUT2D eigenvalue weighted by atomic mass is 32.2. The van der Waals surface area contributed by atoms with Crippen LogP contribution in [0, 0.1) is 0 Å². The molecule has 1 N–H and O–H groups in total. The van der Waals surface area contributed by atoms with Crippen molar-refractivity contribution in [2.24, 2.45) is 0 Å². The summed E-state index contributed by atoms with van der Waals surface area (Å²) in [5, 5.41) is 3.82. The molecule has 0 aliphatic carbocycles. The zero-order valence-corrected chi connectivity index (χ0v) is 19.0. The second kappa shape index (κ2) is 10.7. The molecule has 0 spiro atoms. The maximum atomic E-state index is 12.7. The molecule has 8 nitrogen and oxygen atoms in total. The predicted molar refractivity (Wildman–Crippen MR) is 120 cm³/mol. The van der Waals surface area contributed by atoms with Gasteiger partial charge in [-0.25, -0.2) is 8.42 Å². The number of sulfone groups is 1. The van der Waals surface area contributed by atoms with Crippen LogP contribution >= 0.6 is 0 Å². The Balaban J connectivity index is 2.33. The Labute approximate surface area is 182 Å². The molecule has 31 heavy (non-hydrogen) atoms. The highest BCUT2D eigenvalue weighted by Crippen LogP contribution is 2.35. The number of hydrogen-bond donors (Lipinski definition) is 1. The lowest BCUT2D eigenvalue weighted by Gasteiger charge is -2.13. The van der Waals surface area contributed by atoms with Crippen LogP contribution in [0.5, 0.6) is 23.0 Å². The molecule has 0 aliphatic rings. The Morgan fingerprint density at radius 3 is 2.06 bits per heavy atom. The number of carbonyl (C=O) groups is 1. The van der Waals surface area contributed by atoms with Gasteiger partial charge in [0, 0.05) is 24.0 Å². The van der Waals surface area contributed by atoms with Crippen LogP contribution in [-0.4, -0.2) is 42.8 Å². The van der Waals surface area contributed by atoms with E-state index < -0.39 is 9.84 Å². The molecule has 9 heteroatoms. The van der Waals surface area contributed by atoms with Crippen LogP contribution in [0.4, 0.5) is 5.69 Å². The van der Waals surface area contributed by atoms with Crippen molar-refractivity contribution in [2.45, 2.75) is 19.1 Å². The molecular formula is C22H27NO7S. The topological polar surface area (TPSA) is 100 Å². The zero-order chi connectivity index (χ0) is 23.0. The zero-order valence-electron chi connectivity index (χ0n) is 18.2. The first kappa shape index (κ1) is 24.1. The van der Waals surface area contributed by atoms with E-state index in [4.69, 9.17) is 18.9 Å². The van der Waals surface area contributed by atoms with Crippen molar-refractivity contribution < 1.29 is 32.2 Å². The number of rotatable bonds is 10. The quantitative estimate of drug-likeness (QED) is 0.591. The summed E-state index contributed by atoms with van der Waals surface area (Å²) in [4.78, 5) is 11.7. The first-order chi connectivity index (χ1) is 14.8. The molecule has 0 atom stereocenters. The minimum Gasteiger partial charge on any atom is -0.496 e. The fourth-order valence-electron chi connectivity index (χ4n) is 2.83. The van der Waals surface area contributed by atoms with Crippen LogP contribution in [0.3, 0.4) is 0 Å². The van der Waals surface area contributed by atoms with Crippen molar-refractivity contribution in [3.63, 3.8) is 0 Å². The van der Waals surface area contributed by atoms with Crippen molar-refractivity contribution in [2.75, 3.05) is 33.8 Å². The molecule has 0 unspecified atom stereocenters. The van der Waals surface area contributed by atoms with Crippen LogP contribution in [0.15, 0.2) is 35.7 Å². The smallest absolute Gasteiger partial charge is 0.224 e. The standard InChI is InChI=1S/C22H27NO7S/c1-6-22(24)23-18-11-15(7-8-19(18)28-3)14-31(25,26)10-9-17-20(29-4)12-16(27-2)13-21(17)30-5/h7-13H,6,14H2,1-5H3,(H,23,24)/b10-9+. The van der Waals surface area contributed by atoms with E-state index in [0.717, 1.165) is 5.41 Å². The fourth-order valence-corrected chi connectivity index (χ4v) is 3.91. The Bertz CT molecular complexity index is 1040. The van der Waals surface area contributed by atoms with Gasteiger partial charge in [0.25, 0.3) is 0 Å². The van der Waals surface area contributed by atoms with Gasteiger partial charge in [-0.15, -0.1) is 0 Å². The average molecular weight is 450 g/mol. The largest absolute Gasteiger partial charge is 0.496 e. The molecule has 0 aliphatic heterocycles. The number of ether oxygens (including phenoxy) is 4.